The lowest BCUT2D eigenvalue weighted by Gasteiger charge is -2.02. The Balaban J connectivity index is 2.11. The van der Waals surface area contributed by atoms with Gasteiger partial charge in [-0.05, 0) is 25.0 Å². The van der Waals surface area contributed by atoms with Gasteiger partial charge in [-0.3, -0.25) is 9.59 Å². The normalized spacial score (nSPS) is 10.2. The highest BCUT2D eigenvalue weighted by Gasteiger charge is 2.07. The van der Waals surface area contributed by atoms with Gasteiger partial charge in [-0.25, -0.2) is 0 Å². The van der Waals surface area contributed by atoms with Gasteiger partial charge in [0.15, 0.2) is 0 Å². The lowest BCUT2D eigenvalue weighted by atomic mass is 10.2. The first-order valence-electron chi connectivity index (χ1n) is 5.35. The van der Waals surface area contributed by atoms with E-state index in [0.29, 0.717) is 22.2 Å². The summed E-state index contributed by atoms with van der Waals surface area (Å²) in [5.41, 5.74) is 0. The van der Waals surface area contributed by atoms with Crippen LogP contribution >= 0.6 is 22.9 Å². The Hall–Kier alpha value is -1.07. The number of unbranched alkanes of at least 4 members (excludes halogenated alkanes) is 2. The molecule has 1 heterocycles. The van der Waals surface area contributed by atoms with Gasteiger partial charge in [0.05, 0.1) is 9.21 Å². The van der Waals surface area contributed by atoms with Crippen LogP contribution in [0.1, 0.15) is 35.4 Å². The Morgan fingerprint density at radius 2 is 2.06 bits per heavy atom. The zero-order valence-electron chi connectivity index (χ0n) is 9.24. The molecule has 0 atom stereocenters. The van der Waals surface area contributed by atoms with Gasteiger partial charge in [-0.1, -0.05) is 18.0 Å². The van der Waals surface area contributed by atoms with E-state index >= 15 is 0 Å². The van der Waals surface area contributed by atoms with Crippen molar-refractivity contribution in [2.45, 2.75) is 25.7 Å². The van der Waals surface area contributed by atoms with Crippen molar-refractivity contribution in [3.63, 3.8) is 0 Å². The van der Waals surface area contributed by atoms with Crippen molar-refractivity contribution in [1.29, 1.82) is 0 Å². The summed E-state index contributed by atoms with van der Waals surface area (Å²) in [6.45, 7) is 0.563. The van der Waals surface area contributed by atoms with E-state index in [9.17, 15) is 9.59 Å². The number of carboxylic acid groups (broad SMARTS) is 1. The fourth-order valence-corrected chi connectivity index (χ4v) is 2.26. The third-order valence-electron chi connectivity index (χ3n) is 2.15. The number of aliphatic carboxylic acids is 1. The topological polar surface area (TPSA) is 66.4 Å². The number of hydrogen-bond acceptors (Lipinski definition) is 3. The second-order valence-electron chi connectivity index (χ2n) is 3.56. The van der Waals surface area contributed by atoms with E-state index in [4.69, 9.17) is 16.7 Å². The van der Waals surface area contributed by atoms with Crippen LogP contribution in [-0.2, 0) is 4.79 Å². The lowest BCUT2D eigenvalue weighted by molar-refractivity contribution is -0.137. The summed E-state index contributed by atoms with van der Waals surface area (Å²) < 4.78 is 0.594. The highest BCUT2D eigenvalue weighted by Crippen LogP contribution is 2.20. The molecule has 2 N–H and O–H groups in total. The molecule has 1 aromatic heterocycles. The Morgan fingerprint density at radius 1 is 1.29 bits per heavy atom. The Morgan fingerprint density at radius 3 is 2.65 bits per heavy atom. The van der Waals surface area contributed by atoms with Crippen molar-refractivity contribution < 1.29 is 14.7 Å². The smallest absolute Gasteiger partial charge is 0.303 e. The number of rotatable bonds is 7. The summed E-state index contributed by atoms with van der Waals surface area (Å²) in [5, 5.41) is 11.2. The van der Waals surface area contributed by atoms with Crippen LogP contribution in [0.5, 0.6) is 0 Å². The molecule has 6 heteroatoms. The molecule has 0 bridgehead atoms. The molecule has 0 aliphatic heterocycles. The molecule has 1 amide bonds. The van der Waals surface area contributed by atoms with Crippen LogP contribution in [-0.4, -0.2) is 23.5 Å². The summed E-state index contributed by atoms with van der Waals surface area (Å²) in [4.78, 5) is 22.4. The number of carbonyl (C=O) groups is 2. The number of carbonyl (C=O) groups excluding carboxylic acids is 1. The number of carboxylic acids is 1. The van der Waals surface area contributed by atoms with Gasteiger partial charge in [-0.2, -0.15) is 0 Å². The SMILES string of the molecule is O=C(O)CCCCCNC(=O)c1ccc(Cl)s1. The maximum atomic E-state index is 11.5. The van der Waals surface area contributed by atoms with E-state index in [2.05, 4.69) is 5.32 Å². The van der Waals surface area contributed by atoms with Gasteiger partial charge in [0.25, 0.3) is 5.91 Å². The van der Waals surface area contributed by atoms with Crippen LogP contribution in [0.4, 0.5) is 0 Å². The minimum atomic E-state index is -0.776. The van der Waals surface area contributed by atoms with Gasteiger partial charge in [0.2, 0.25) is 0 Å². The highest BCUT2D eigenvalue weighted by atomic mass is 35.5. The molecule has 0 radical (unpaired) electrons. The van der Waals surface area contributed by atoms with Crippen molar-refractivity contribution in [2.75, 3.05) is 6.54 Å². The number of thiophene rings is 1. The molecule has 17 heavy (non-hydrogen) atoms. The molecular weight excluding hydrogens is 262 g/mol. The summed E-state index contributed by atoms with van der Waals surface area (Å²) in [6.07, 6.45) is 2.43. The number of amides is 1. The number of hydrogen-bond donors (Lipinski definition) is 2. The lowest BCUT2D eigenvalue weighted by Crippen LogP contribution is -2.23. The Labute approximate surface area is 109 Å². The molecule has 0 fully saturated rings. The number of nitrogens with one attached hydrogen (secondary N) is 1. The monoisotopic (exact) mass is 275 g/mol. The molecule has 1 aromatic rings. The summed E-state index contributed by atoms with van der Waals surface area (Å²) >= 11 is 6.96. The molecule has 0 aliphatic rings. The fourth-order valence-electron chi connectivity index (χ4n) is 1.30. The van der Waals surface area contributed by atoms with Crippen LogP contribution in [0.2, 0.25) is 4.34 Å². The first-order chi connectivity index (χ1) is 8.09. The van der Waals surface area contributed by atoms with Crippen molar-refractivity contribution in [3.05, 3.63) is 21.3 Å². The first kappa shape index (κ1) is 14.0. The molecule has 0 aromatic carbocycles. The second-order valence-corrected chi connectivity index (χ2v) is 5.28. The molecule has 4 nitrogen and oxygen atoms in total. The quantitative estimate of drug-likeness (QED) is 0.752. The van der Waals surface area contributed by atoms with E-state index in [0.717, 1.165) is 12.8 Å². The summed E-state index contributed by atoms with van der Waals surface area (Å²) in [6, 6.07) is 3.38. The largest absolute Gasteiger partial charge is 0.481 e. The maximum Gasteiger partial charge on any atom is 0.303 e. The Kier molecular flexibility index (Phi) is 6.00. The summed E-state index contributed by atoms with van der Waals surface area (Å²) in [5.74, 6) is -0.901. The minimum absolute atomic E-state index is 0.125. The third-order valence-corrected chi connectivity index (χ3v) is 3.38. The van der Waals surface area contributed by atoms with Crippen LogP contribution in [0, 0.1) is 0 Å². The standard InChI is InChI=1S/C11H14ClNO3S/c12-9-6-5-8(17-9)11(16)13-7-3-1-2-4-10(14)15/h5-6H,1-4,7H2,(H,13,16)(H,14,15). The molecule has 0 aliphatic carbocycles. The van der Waals surface area contributed by atoms with E-state index in [1.54, 1.807) is 12.1 Å². The number of halogens is 1. The molecule has 0 spiro atoms. The third kappa shape index (κ3) is 5.70. The van der Waals surface area contributed by atoms with Gasteiger partial charge in [0, 0.05) is 13.0 Å². The summed E-state index contributed by atoms with van der Waals surface area (Å²) in [7, 11) is 0. The average molecular weight is 276 g/mol. The fraction of sp³-hybridized carbons (Fsp3) is 0.455. The zero-order valence-corrected chi connectivity index (χ0v) is 10.8. The molecule has 0 saturated heterocycles. The van der Waals surface area contributed by atoms with Gasteiger partial charge in [0.1, 0.15) is 0 Å². The van der Waals surface area contributed by atoms with Crippen LogP contribution in [0.15, 0.2) is 12.1 Å². The maximum absolute atomic E-state index is 11.5. The molecule has 94 valence electrons. The second kappa shape index (κ2) is 7.29. The van der Waals surface area contributed by atoms with Crippen molar-refractivity contribution in [2.24, 2.45) is 0 Å². The van der Waals surface area contributed by atoms with Crippen LogP contribution in [0.25, 0.3) is 0 Å². The van der Waals surface area contributed by atoms with E-state index in [1.165, 1.54) is 11.3 Å². The predicted molar refractivity (Wildman–Crippen MR) is 67.8 cm³/mol. The van der Waals surface area contributed by atoms with E-state index in [-0.39, 0.29) is 12.3 Å². The zero-order chi connectivity index (χ0) is 12.7. The van der Waals surface area contributed by atoms with E-state index in [1.807, 2.05) is 0 Å². The van der Waals surface area contributed by atoms with E-state index < -0.39 is 5.97 Å². The van der Waals surface area contributed by atoms with Crippen molar-refractivity contribution in [1.82, 2.24) is 5.32 Å². The van der Waals surface area contributed by atoms with Crippen molar-refractivity contribution >= 4 is 34.8 Å². The Bertz CT molecular complexity index is 392. The van der Waals surface area contributed by atoms with Gasteiger partial charge >= 0.3 is 5.97 Å². The predicted octanol–water partition coefficient (Wildman–Crippen LogP) is 2.78. The van der Waals surface area contributed by atoms with Crippen LogP contribution < -0.4 is 5.32 Å². The van der Waals surface area contributed by atoms with Crippen LogP contribution in [0.3, 0.4) is 0 Å². The van der Waals surface area contributed by atoms with Gasteiger partial charge in [-0.15, -0.1) is 11.3 Å². The molecule has 0 saturated carbocycles. The molecule has 1 rings (SSSR count). The first-order valence-corrected chi connectivity index (χ1v) is 6.54. The van der Waals surface area contributed by atoms with Gasteiger partial charge < -0.3 is 10.4 Å². The highest BCUT2D eigenvalue weighted by molar-refractivity contribution is 7.17. The average Bonchev–Trinajstić information content (AvgIpc) is 2.69. The molecule has 0 unspecified atom stereocenters. The minimum Gasteiger partial charge on any atom is -0.481 e. The van der Waals surface area contributed by atoms with Crippen molar-refractivity contribution in [3.8, 4) is 0 Å². The molecular formula is C11H14ClNO3S.